The first-order valence-electron chi connectivity index (χ1n) is 9.14. The molecule has 0 aromatic heterocycles. The van der Waals surface area contributed by atoms with Gasteiger partial charge < -0.3 is 31.5 Å². The van der Waals surface area contributed by atoms with Gasteiger partial charge in [-0.3, -0.25) is 14.4 Å². The summed E-state index contributed by atoms with van der Waals surface area (Å²) in [6.45, 7) is 4.91. The van der Waals surface area contributed by atoms with Crippen LogP contribution in [-0.2, 0) is 19.2 Å². The molecule has 1 rings (SSSR count). The monoisotopic (exact) mass is 386 g/mol. The molecule has 10 nitrogen and oxygen atoms in total. The number of hydrogen-bond donors (Lipinski definition) is 5. The van der Waals surface area contributed by atoms with E-state index in [0.29, 0.717) is 25.8 Å². The van der Waals surface area contributed by atoms with Crippen LogP contribution in [0.3, 0.4) is 0 Å². The van der Waals surface area contributed by atoms with E-state index in [1.54, 1.807) is 6.92 Å². The fourth-order valence-electron chi connectivity index (χ4n) is 2.86. The predicted molar refractivity (Wildman–Crippen MR) is 96.4 cm³/mol. The van der Waals surface area contributed by atoms with Crippen LogP contribution < -0.4 is 16.4 Å². The molecule has 0 aromatic rings. The molecule has 154 valence electrons. The Morgan fingerprint density at radius 1 is 1.22 bits per heavy atom. The first kappa shape index (κ1) is 22.8. The van der Waals surface area contributed by atoms with Crippen LogP contribution in [0, 0.1) is 5.92 Å². The van der Waals surface area contributed by atoms with Gasteiger partial charge in [0.1, 0.15) is 12.1 Å². The predicted octanol–water partition coefficient (Wildman–Crippen LogP) is -1.58. The highest BCUT2D eigenvalue weighted by Gasteiger charge is 2.35. The van der Waals surface area contributed by atoms with Gasteiger partial charge in [0.2, 0.25) is 17.7 Å². The van der Waals surface area contributed by atoms with E-state index in [0.717, 1.165) is 0 Å². The van der Waals surface area contributed by atoms with Crippen molar-refractivity contribution in [1.29, 1.82) is 0 Å². The van der Waals surface area contributed by atoms with Crippen LogP contribution in [0.4, 0.5) is 0 Å². The average Bonchev–Trinajstić information content (AvgIpc) is 3.12. The number of amides is 3. The van der Waals surface area contributed by atoms with Crippen molar-refractivity contribution in [2.45, 2.75) is 64.3 Å². The summed E-state index contributed by atoms with van der Waals surface area (Å²) in [5.41, 5.74) is 5.83. The molecule has 5 unspecified atom stereocenters. The number of carbonyl (C=O) groups excluding carboxylic acids is 3. The number of aliphatic hydroxyl groups excluding tert-OH is 1. The Morgan fingerprint density at radius 3 is 2.37 bits per heavy atom. The lowest BCUT2D eigenvalue weighted by Crippen LogP contribution is -2.58. The van der Waals surface area contributed by atoms with E-state index in [1.807, 2.05) is 6.92 Å². The summed E-state index contributed by atoms with van der Waals surface area (Å²) in [4.78, 5) is 49.0. The summed E-state index contributed by atoms with van der Waals surface area (Å²) in [5, 5.41) is 23.7. The smallest absolute Gasteiger partial charge is 0.326 e. The minimum Gasteiger partial charge on any atom is -0.480 e. The molecule has 0 aliphatic carbocycles. The summed E-state index contributed by atoms with van der Waals surface area (Å²) in [7, 11) is 0. The Morgan fingerprint density at radius 2 is 1.85 bits per heavy atom. The van der Waals surface area contributed by atoms with Crippen LogP contribution in [0.2, 0.25) is 0 Å². The molecule has 1 aliphatic heterocycles. The Labute approximate surface area is 158 Å². The molecule has 5 atom stereocenters. The quantitative estimate of drug-likeness (QED) is 0.319. The number of carbonyl (C=O) groups is 4. The molecule has 0 radical (unpaired) electrons. The van der Waals surface area contributed by atoms with E-state index in [-0.39, 0.29) is 5.92 Å². The van der Waals surface area contributed by atoms with Crippen LogP contribution in [0.25, 0.3) is 0 Å². The second kappa shape index (κ2) is 10.2. The van der Waals surface area contributed by atoms with Gasteiger partial charge in [-0.15, -0.1) is 0 Å². The zero-order valence-corrected chi connectivity index (χ0v) is 16.0. The lowest BCUT2D eigenvalue weighted by molar-refractivity contribution is -0.148. The Hall–Kier alpha value is -2.20. The van der Waals surface area contributed by atoms with Gasteiger partial charge in [0.15, 0.2) is 0 Å². The van der Waals surface area contributed by atoms with E-state index in [4.69, 9.17) is 10.8 Å². The highest BCUT2D eigenvalue weighted by molar-refractivity contribution is 5.93. The van der Waals surface area contributed by atoms with E-state index in [2.05, 4.69) is 10.6 Å². The first-order chi connectivity index (χ1) is 12.6. The molecule has 0 spiro atoms. The lowest BCUT2D eigenvalue weighted by Gasteiger charge is -2.25. The molecule has 0 saturated carbocycles. The second-order valence-corrected chi connectivity index (χ2v) is 6.94. The molecule has 3 amide bonds. The molecular weight excluding hydrogens is 356 g/mol. The summed E-state index contributed by atoms with van der Waals surface area (Å²) in [6, 6.07) is -2.99. The fourth-order valence-corrected chi connectivity index (χ4v) is 2.86. The minimum absolute atomic E-state index is 0.104. The summed E-state index contributed by atoms with van der Waals surface area (Å²) < 4.78 is 0. The molecule has 1 fully saturated rings. The van der Waals surface area contributed by atoms with Gasteiger partial charge in [0.05, 0.1) is 18.7 Å². The number of aliphatic carboxylic acids is 1. The maximum absolute atomic E-state index is 12.3. The van der Waals surface area contributed by atoms with Crippen LogP contribution in [0.1, 0.15) is 40.0 Å². The van der Waals surface area contributed by atoms with Crippen molar-refractivity contribution in [2.75, 3.05) is 13.1 Å². The average molecular weight is 386 g/mol. The maximum Gasteiger partial charge on any atom is 0.326 e. The van der Waals surface area contributed by atoms with Crippen molar-refractivity contribution in [3.8, 4) is 0 Å². The largest absolute Gasteiger partial charge is 0.480 e. The first-order valence-corrected chi connectivity index (χ1v) is 9.14. The molecule has 6 N–H and O–H groups in total. The van der Waals surface area contributed by atoms with Crippen molar-refractivity contribution in [3.63, 3.8) is 0 Å². The summed E-state index contributed by atoms with van der Waals surface area (Å²) >= 11 is 0. The number of nitrogens with zero attached hydrogens (tertiary/aromatic N) is 1. The van der Waals surface area contributed by atoms with Gasteiger partial charge in [-0.2, -0.15) is 0 Å². The molecule has 0 aromatic carbocycles. The number of aliphatic hydroxyl groups is 1. The van der Waals surface area contributed by atoms with Gasteiger partial charge in [-0.25, -0.2) is 4.79 Å². The summed E-state index contributed by atoms with van der Waals surface area (Å²) in [6.07, 6.45) is 0.423. The third kappa shape index (κ3) is 6.17. The minimum atomic E-state index is -1.27. The van der Waals surface area contributed by atoms with Gasteiger partial charge in [-0.05, 0) is 25.7 Å². The maximum atomic E-state index is 12.3. The third-order valence-electron chi connectivity index (χ3n) is 4.89. The van der Waals surface area contributed by atoms with E-state index < -0.39 is 54.5 Å². The number of likely N-dealkylation sites (tertiary alicyclic amines) is 1. The molecule has 27 heavy (non-hydrogen) atoms. The zero-order chi connectivity index (χ0) is 20.7. The number of carboxylic acid groups (broad SMARTS) is 1. The van der Waals surface area contributed by atoms with Gasteiger partial charge in [0, 0.05) is 6.54 Å². The van der Waals surface area contributed by atoms with Gasteiger partial charge in [-0.1, -0.05) is 20.3 Å². The van der Waals surface area contributed by atoms with Crippen molar-refractivity contribution in [2.24, 2.45) is 11.7 Å². The number of carboxylic acids is 1. The number of hydrogen-bond acceptors (Lipinski definition) is 6. The number of nitrogens with one attached hydrogen (secondary N) is 2. The van der Waals surface area contributed by atoms with Crippen LogP contribution in [0.15, 0.2) is 0 Å². The van der Waals surface area contributed by atoms with Gasteiger partial charge >= 0.3 is 5.97 Å². The fraction of sp³-hybridized carbons (Fsp3) is 0.765. The number of nitrogens with two attached hydrogens (primary N) is 1. The lowest BCUT2D eigenvalue weighted by atomic mass is 9.99. The van der Waals surface area contributed by atoms with E-state index >= 15 is 0 Å². The highest BCUT2D eigenvalue weighted by Crippen LogP contribution is 2.17. The van der Waals surface area contributed by atoms with Crippen molar-refractivity contribution >= 4 is 23.7 Å². The number of rotatable bonds is 9. The van der Waals surface area contributed by atoms with Crippen LogP contribution in [-0.4, -0.2) is 76.1 Å². The molecule has 1 aliphatic rings. The van der Waals surface area contributed by atoms with E-state index in [9.17, 15) is 24.3 Å². The Kier molecular flexibility index (Phi) is 8.64. The van der Waals surface area contributed by atoms with Crippen molar-refractivity contribution in [3.05, 3.63) is 0 Å². The molecule has 1 saturated heterocycles. The van der Waals surface area contributed by atoms with Crippen LogP contribution >= 0.6 is 0 Å². The third-order valence-corrected chi connectivity index (χ3v) is 4.89. The Bertz CT molecular complexity index is 568. The zero-order valence-electron chi connectivity index (χ0n) is 16.0. The van der Waals surface area contributed by atoms with Crippen LogP contribution in [0.5, 0.6) is 0 Å². The molecule has 1 heterocycles. The molecular formula is C17H30N4O6. The summed E-state index contributed by atoms with van der Waals surface area (Å²) in [5.74, 6) is -3.02. The van der Waals surface area contributed by atoms with E-state index in [1.165, 1.54) is 11.8 Å². The molecule has 10 heteroatoms. The van der Waals surface area contributed by atoms with Crippen molar-refractivity contribution < 1.29 is 29.4 Å². The topological polar surface area (TPSA) is 162 Å². The van der Waals surface area contributed by atoms with Crippen molar-refractivity contribution in [1.82, 2.24) is 15.5 Å². The SMILES string of the molecule is CCC(C)C(N)C(=O)NC(C(=O)NCC(=O)N1CCCC1C(=O)O)C(C)O. The normalized spacial score (nSPS) is 21.1. The second-order valence-electron chi connectivity index (χ2n) is 6.94. The van der Waals surface area contributed by atoms with Gasteiger partial charge in [0.25, 0.3) is 0 Å². The molecule has 0 bridgehead atoms. The Balaban J connectivity index is 2.64. The highest BCUT2D eigenvalue weighted by atomic mass is 16.4. The standard InChI is InChI=1S/C17H30N4O6/c1-4-9(2)13(18)15(24)20-14(10(3)22)16(25)19-8-12(23)21-7-5-6-11(21)17(26)27/h9-11,13-14,22H,4-8,18H2,1-3H3,(H,19,25)(H,20,24)(H,26,27).